The third-order valence-corrected chi connectivity index (χ3v) is 6.93. The first-order valence-electron chi connectivity index (χ1n) is 11.0. The number of piperidine rings is 2. The highest BCUT2D eigenvalue weighted by molar-refractivity contribution is 5.79. The van der Waals surface area contributed by atoms with E-state index in [0.717, 1.165) is 25.9 Å². The summed E-state index contributed by atoms with van der Waals surface area (Å²) >= 11 is 0. The zero-order chi connectivity index (χ0) is 21.3. The Hall–Kier alpha value is -1.80. The van der Waals surface area contributed by atoms with E-state index in [9.17, 15) is 18.0 Å². The molecule has 0 spiro atoms. The van der Waals surface area contributed by atoms with Crippen molar-refractivity contribution in [3.8, 4) is 0 Å². The molecule has 2 fully saturated rings. The van der Waals surface area contributed by atoms with Crippen molar-refractivity contribution in [2.45, 2.75) is 63.3 Å². The van der Waals surface area contributed by atoms with Crippen LogP contribution < -0.4 is 21.3 Å². The minimum atomic E-state index is -4.28. The summed E-state index contributed by atoms with van der Waals surface area (Å²) in [5.41, 5.74) is 3.73. The SMILES string of the molecule is CC1C(C(=O)NC2CCNC(C(F)(F)F)C2)CCNC1c1cccc2c1CCCN2. The summed E-state index contributed by atoms with van der Waals surface area (Å²) in [5, 5.41) is 12.5. The number of anilines is 1. The van der Waals surface area contributed by atoms with Crippen LogP contribution in [0.2, 0.25) is 0 Å². The molecule has 0 aromatic heterocycles. The predicted molar refractivity (Wildman–Crippen MR) is 110 cm³/mol. The third-order valence-electron chi connectivity index (χ3n) is 6.93. The summed E-state index contributed by atoms with van der Waals surface area (Å²) in [4.78, 5) is 13.0. The lowest BCUT2D eigenvalue weighted by Gasteiger charge is -2.39. The number of carbonyl (C=O) groups excluding carboxylic acids is 1. The van der Waals surface area contributed by atoms with Crippen LogP contribution in [0.25, 0.3) is 0 Å². The van der Waals surface area contributed by atoms with E-state index in [1.807, 2.05) is 0 Å². The molecule has 166 valence electrons. The second-order valence-corrected chi connectivity index (χ2v) is 8.87. The summed E-state index contributed by atoms with van der Waals surface area (Å²) in [6.45, 7) is 4.05. The van der Waals surface area contributed by atoms with Crippen molar-refractivity contribution in [2.24, 2.45) is 11.8 Å². The average molecular weight is 425 g/mol. The first-order valence-corrected chi connectivity index (χ1v) is 11.0. The number of rotatable bonds is 3. The number of halogens is 3. The smallest absolute Gasteiger partial charge is 0.385 e. The molecule has 1 amide bonds. The minimum absolute atomic E-state index is 0.0623. The molecule has 8 heteroatoms. The first kappa shape index (κ1) is 21.4. The van der Waals surface area contributed by atoms with Gasteiger partial charge in [0.25, 0.3) is 0 Å². The average Bonchev–Trinajstić information content (AvgIpc) is 2.73. The Bertz CT molecular complexity index is 769. The molecule has 30 heavy (non-hydrogen) atoms. The summed E-state index contributed by atoms with van der Waals surface area (Å²) in [6, 6.07) is 4.39. The Kier molecular flexibility index (Phi) is 6.25. The standard InChI is InChI=1S/C22H31F3N4O/c1-13-15(21(30)29-14-7-10-27-19(12-14)22(23,24)25)8-11-28-20(13)17-4-2-6-18-16(17)5-3-9-26-18/h2,4,6,13-15,19-20,26-28H,3,5,7-12H2,1H3,(H,29,30). The van der Waals surface area contributed by atoms with Crippen molar-refractivity contribution in [2.75, 3.05) is 25.0 Å². The van der Waals surface area contributed by atoms with Gasteiger partial charge in [-0.3, -0.25) is 4.79 Å². The van der Waals surface area contributed by atoms with Gasteiger partial charge in [0.05, 0.1) is 0 Å². The summed E-state index contributed by atoms with van der Waals surface area (Å²) < 4.78 is 39.2. The number of nitrogens with one attached hydrogen (secondary N) is 4. The Balaban J connectivity index is 1.45. The lowest BCUT2D eigenvalue weighted by Crippen LogP contribution is -2.55. The maximum Gasteiger partial charge on any atom is 0.403 e. The van der Waals surface area contributed by atoms with Crippen molar-refractivity contribution in [3.05, 3.63) is 29.3 Å². The summed E-state index contributed by atoms with van der Waals surface area (Å²) in [6.07, 6.45) is -1.05. The van der Waals surface area contributed by atoms with Gasteiger partial charge in [-0.25, -0.2) is 0 Å². The fourth-order valence-electron chi connectivity index (χ4n) is 5.27. The van der Waals surface area contributed by atoms with Crippen LogP contribution >= 0.6 is 0 Å². The lowest BCUT2D eigenvalue weighted by molar-refractivity contribution is -0.162. The van der Waals surface area contributed by atoms with Gasteiger partial charge in [-0.1, -0.05) is 19.1 Å². The second kappa shape index (κ2) is 8.75. The number of fused-ring (bicyclic) bond motifs is 1. The summed E-state index contributed by atoms with van der Waals surface area (Å²) in [5.74, 6) is -0.250. The predicted octanol–water partition coefficient (Wildman–Crippen LogP) is 3.13. The number of hydrogen-bond acceptors (Lipinski definition) is 4. The van der Waals surface area contributed by atoms with Gasteiger partial charge < -0.3 is 21.3 Å². The van der Waals surface area contributed by atoms with E-state index in [0.29, 0.717) is 12.8 Å². The van der Waals surface area contributed by atoms with Gasteiger partial charge in [0.2, 0.25) is 5.91 Å². The van der Waals surface area contributed by atoms with Crippen LogP contribution in [-0.4, -0.2) is 43.8 Å². The van der Waals surface area contributed by atoms with Gasteiger partial charge in [-0.15, -0.1) is 0 Å². The minimum Gasteiger partial charge on any atom is -0.385 e. The third kappa shape index (κ3) is 4.44. The van der Waals surface area contributed by atoms with E-state index in [1.54, 1.807) is 0 Å². The number of hydrogen-bond donors (Lipinski definition) is 4. The van der Waals surface area contributed by atoms with Gasteiger partial charge in [-0.05, 0) is 68.3 Å². The maximum absolute atomic E-state index is 13.1. The van der Waals surface area contributed by atoms with E-state index in [4.69, 9.17) is 0 Å². The quantitative estimate of drug-likeness (QED) is 0.602. The molecule has 1 aromatic carbocycles. The maximum atomic E-state index is 13.1. The molecule has 3 aliphatic rings. The van der Waals surface area contributed by atoms with Crippen molar-refractivity contribution >= 4 is 11.6 Å². The molecule has 0 aliphatic carbocycles. The van der Waals surface area contributed by atoms with E-state index >= 15 is 0 Å². The highest BCUT2D eigenvalue weighted by Gasteiger charge is 2.43. The second-order valence-electron chi connectivity index (χ2n) is 8.87. The largest absolute Gasteiger partial charge is 0.403 e. The van der Waals surface area contributed by atoms with E-state index in [1.165, 1.54) is 16.8 Å². The van der Waals surface area contributed by atoms with Crippen LogP contribution in [0.1, 0.15) is 49.8 Å². The molecule has 0 radical (unpaired) electrons. The van der Waals surface area contributed by atoms with Crippen LogP contribution in [0.15, 0.2) is 18.2 Å². The molecule has 4 rings (SSSR count). The Morgan fingerprint density at radius 1 is 1.13 bits per heavy atom. The highest BCUT2D eigenvalue weighted by atomic mass is 19.4. The fraction of sp³-hybridized carbons (Fsp3) is 0.682. The molecule has 5 atom stereocenters. The fourth-order valence-corrected chi connectivity index (χ4v) is 5.27. The lowest BCUT2D eigenvalue weighted by atomic mass is 9.76. The van der Waals surface area contributed by atoms with Crippen molar-refractivity contribution in [3.63, 3.8) is 0 Å². The first-order chi connectivity index (χ1) is 14.3. The molecule has 3 heterocycles. The molecule has 5 unspecified atom stereocenters. The number of benzene rings is 1. The molecular weight excluding hydrogens is 393 g/mol. The zero-order valence-corrected chi connectivity index (χ0v) is 17.3. The van der Waals surface area contributed by atoms with E-state index in [-0.39, 0.29) is 36.8 Å². The molecule has 0 bridgehead atoms. The monoisotopic (exact) mass is 424 g/mol. The van der Waals surface area contributed by atoms with Crippen molar-refractivity contribution in [1.29, 1.82) is 0 Å². The molecule has 2 saturated heterocycles. The molecular formula is C22H31F3N4O. The van der Waals surface area contributed by atoms with Crippen LogP contribution in [-0.2, 0) is 11.2 Å². The molecule has 4 N–H and O–H groups in total. The van der Waals surface area contributed by atoms with Gasteiger partial charge in [-0.2, -0.15) is 13.2 Å². The normalized spacial score (nSPS) is 32.1. The number of amides is 1. The molecule has 0 saturated carbocycles. The number of alkyl halides is 3. The van der Waals surface area contributed by atoms with Crippen molar-refractivity contribution in [1.82, 2.24) is 16.0 Å². The zero-order valence-electron chi connectivity index (χ0n) is 17.3. The number of carbonyl (C=O) groups is 1. The van der Waals surface area contributed by atoms with Gasteiger partial charge in [0.1, 0.15) is 6.04 Å². The molecule has 3 aliphatic heterocycles. The Morgan fingerprint density at radius 2 is 1.93 bits per heavy atom. The Labute approximate surface area is 175 Å². The molecule has 1 aromatic rings. The van der Waals surface area contributed by atoms with Crippen LogP contribution in [0.4, 0.5) is 18.9 Å². The van der Waals surface area contributed by atoms with Gasteiger partial charge in [0.15, 0.2) is 0 Å². The topological polar surface area (TPSA) is 65.2 Å². The van der Waals surface area contributed by atoms with Crippen LogP contribution in [0, 0.1) is 11.8 Å². The van der Waals surface area contributed by atoms with Gasteiger partial charge in [0, 0.05) is 30.2 Å². The van der Waals surface area contributed by atoms with E-state index in [2.05, 4.69) is 46.4 Å². The Morgan fingerprint density at radius 3 is 2.73 bits per heavy atom. The summed E-state index contributed by atoms with van der Waals surface area (Å²) in [7, 11) is 0. The highest BCUT2D eigenvalue weighted by Crippen LogP contribution is 2.38. The van der Waals surface area contributed by atoms with Crippen LogP contribution in [0.3, 0.4) is 0 Å². The van der Waals surface area contributed by atoms with Gasteiger partial charge >= 0.3 is 6.18 Å². The van der Waals surface area contributed by atoms with E-state index < -0.39 is 18.3 Å². The van der Waals surface area contributed by atoms with Crippen LogP contribution in [0.5, 0.6) is 0 Å². The van der Waals surface area contributed by atoms with Crippen molar-refractivity contribution < 1.29 is 18.0 Å². The molecule has 5 nitrogen and oxygen atoms in total.